The molecule has 0 aromatic heterocycles. The van der Waals surface area contributed by atoms with Crippen LogP contribution in [0.1, 0.15) is 51.0 Å². The van der Waals surface area contributed by atoms with E-state index in [1.165, 1.54) is 31.2 Å². The predicted octanol–water partition coefficient (Wildman–Crippen LogP) is 6.47. The molecule has 0 atom stereocenters. The highest BCUT2D eigenvalue weighted by Crippen LogP contribution is 2.22. The van der Waals surface area contributed by atoms with Gasteiger partial charge in [-0.3, -0.25) is 0 Å². The minimum absolute atomic E-state index is 0.486. The molecular weight excluding hydrogens is 364 g/mol. The third-order valence-electron chi connectivity index (χ3n) is 4.28. The summed E-state index contributed by atoms with van der Waals surface area (Å²) in [5.41, 5.74) is 2.94. The third kappa shape index (κ3) is 9.57. The second-order valence-corrected chi connectivity index (χ2v) is 6.73. The minimum Gasteiger partial charge on any atom is -0.494 e. The smallest absolute Gasteiger partial charge is 0.381 e. The molecule has 2 aromatic rings. The minimum atomic E-state index is -1.10. The number of carboxylic acid groups (broad SMARTS) is 1. The number of rotatable bonds is 11. The van der Waals surface area contributed by atoms with Crippen LogP contribution in [0, 0.1) is 11.8 Å². The number of aliphatic carboxylic acids is 1. The van der Waals surface area contributed by atoms with Gasteiger partial charge in [-0.05, 0) is 61.2 Å². The SMILES string of the molecule is CCCCCCc1ccc(N=Nc2ccc(OCCCC#CC(=O)O)cc2)cc1. The topological polar surface area (TPSA) is 71.2 Å². The van der Waals surface area contributed by atoms with Crippen LogP contribution in [-0.4, -0.2) is 17.7 Å². The van der Waals surface area contributed by atoms with E-state index in [1.807, 2.05) is 36.4 Å². The van der Waals surface area contributed by atoms with Gasteiger partial charge in [0, 0.05) is 12.3 Å². The molecule has 1 N–H and O–H groups in total. The van der Waals surface area contributed by atoms with Crippen LogP contribution in [0.15, 0.2) is 58.8 Å². The Bertz CT molecular complexity index is 831. The van der Waals surface area contributed by atoms with E-state index in [2.05, 4.69) is 41.1 Å². The van der Waals surface area contributed by atoms with Gasteiger partial charge in [-0.1, -0.05) is 44.2 Å². The van der Waals surface area contributed by atoms with E-state index in [4.69, 9.17) is 9.84 Å². The van der Waals surface area contributed by atoms with Crippen molar-refractivity contribution in [3.63, 3.8) is 0 Å². The second-order valence-electron chi connectivity index (χ2n) is 6.73. The Morgan fingerprint density at radius 1 is 0.931 bits per heavy atom. The number of carbonyl (C=O) groups is 1. The first-order chi connectivity index (χ1) is 14.2. The van der Waals surface area contributed by atoms with E-state index < -0.39 is 5.97 Å². The number of hydrogen-bond acceptors (Lipinski definition) is 4. The summed E-state index contributed by atoms with van der Waals surface area (Å²) >= 11 is 0. The Morgan fingerprint density at radius 3 is 2.21 bits per heavy atom. The molecule has 0 saturated heterocycles. The van der Waals surface area contributed by atoms with Crippen LogP contribution in [-0.2, 0) is 11.2 Å². The Labute approximate surface area is 172 Å². The first-order valence-corrected chi connectivity index (χ1v) is 10.1. The van der Waals surface area contributed by atoms with Crippen molar-refractivity contribution in [2.24, 2.45) is 10.2 Å². The highest BCUT2D eigenvalue weighted by molar-refractivity contribution is 5.86. The quantitative estimate of drug-likeness (QED) is 0.270. The van der Waals surface area contributed by atoms with Crippen LogP contribution >= 0.6 is 0 Å². The fraction of sp³-hybridized carbons (Fsp3) is 0.375. The number of benzene rings is 2. The maximum Gasteiger partial charge on any atom is 0.381 e. The number of nitrogens with zero attached hydrogens (tertiary/aromatic N) is 2. The lowest BCUT2D eigenvalue weighted by Crippen LogP contribution is -1.96. The van der Waals surface area contributed by atoms with E-state index in [0.29, 0.717) is 19.4 Å². The van der Waals surface area contributed by atoms with Gasteiger partial charge in [0.15, 0.2) is 0 Å². The van der Waals surface area contributed by atoms with Gasteiger partial charge in [-0.15, -0.1) is 0 Å². The highest BCUT2D eigenvalue weighted by atomic mass is 16.5. The number of aryl methyl sites for hydroxylation is 1. The number of azo groups is 1. The van der Waals surface area contributed by atoms with Gasteiger partial charge >= 0.3 is 5.97 Å². The van der Waals surface area contributed by atoms with Crippen molar-refractivity contribution in [3.8, 4) is 17.6 Å². The Morgan fingerprint density at radius 2 is 1.59 bits per heavy atom. The van der Waals surface area contributed by atoms with Gasteiger partial charge in [0.25, 0.3) is 0 Å². The molecule has 0 radical (unpaired) electrons. The predicted molar refractivity (Wildman–Crippen MR) is 115 cm³/mol. The van der Waals surface area contributed by atoms with Crippen molar-refractivity contribution in [2.75, 3.05) is 6.61 Å². The van der Waals surface area contributed by atoms with E-state index in [0.717, 1.165) is 23.5 Å². The summed E-state index contributed by atoms with van der Waals surface area (Å²) in [6.45, 7) is 2.71. The average Bonchev–Trinajstić information content (AvgIpc) is 2.74. The fourth-order valence-electron chi connectivity index (χ4n) is 2.70. The largest absolute Gasteiger partial charge is 0.494 e. The van der Waals surface area contributed by atoms with Crippen molar-refractivity contribution in [3.05, 3.63) is 54.1 Å². The van der Waals surface area contributed by atoms with Crippen LogP contribution in [0.3, 0.4) is 0 Å². The molecule has 0 saturated carbocycles. The van der Waals surface area contributed by atoms with E-state index in [1.54, 1.807) is 0 Å². The molecule has 0 bridgehead atoms. The highest BCUT2D eigenvalue weighted by Gasteiger charge is 1.97. The Kier molecular flexibility index (Phi) is 10.0. The fourth-order valence-corrected chi connectivity index (χ4v) is 2.70. The van der Waals surface area contributed by atoms with Crippen molar-refractivity contribution < 1.29 is 14.6 Å². The molecule has 2 aromatic carbocycles. The van der Waals surface area contributed by atoms with Crippen LogP contribution < -0.4 is 4.74 Å². The zero-order valence-electron chi connectivity index (χ0n) is 16.9. The Hall–Kier alpha value is -3.13. The number of unbranched alkanes of at least 4 members (excludes halogenated alkanes) is 4. The Balaban J connectivity index is 1.75. The molecule has 0 heterocycles. The molecule has 5 heteroatoms. The molecule has 5 nitrogen and oxygen atoms in total. The first kappa shape index (κ1) is 22.2. The second kappa shape index (κ2) is 13.1. The van der Waals surface area contributed by atoms with Gasteiger partial charge in [-0.2, -0.15) is 10.2 Å². The maximum absolute atomic E-state index is 10.3. The van der Waals surface area contributed by atoms with Gasteiger partial charge in [0.1, 0.15) is 5.75 Å². The van der Waals surface area contributed by atoms with Crippen molar-refractivity contribution in [1.82, 2.24) is 0 Å². The number of ether oxygens (including phenoxy) is 1. The van der Waals surface area contributed by atoms with Crippen molar-refractivity contribution in [2.45, 2.75) is 51.9 Å². The molecule has 0 aliphatic rings. The summed E-state index contributed by atoms with van der Waals surface area (Å²) in [5.74, 6) is 4.29. The summed E-state index contributed by atoms with van der Waals surface area (Å²) < 4.78 is 5.60. The molecule has 0 fully saturated rings. The molecular formula is C24H28N2O3. The lowest BCUT2D eigenvalue weighted by atomic mass is 10.1. The molecule has 0 aliphatic heterocycles. The molecule has 0 spiro atoms. The van der Waals surface area contributed by atoms with Gasteiger partial charge in [0.05, 0.1) is 18.0 Å². The van der Waals surface area contributed by atoms with E-state index in [-0.39, 0.29) is 0 Å². The lowest BCUT2D eigenvalue weighted by molar-refractivity contribution is -0.130. The van der Waals surface area contributed by atoms with E-state index in [9.17, 15) is 4.79 Å². The van der Waals surface area contributed by atoms with Gasteiger partial charge in [0.2, 0.25) is 0 Å². The first-order valence-electron chi connectivity index (χ1n) is 10.1. The number of hydrogen-bond donors (Lipinski definition) is 1. The molecule has 152 valence electrons. The normalized spacial score (nSPS) is 10.5. The molecule has 0 aliphatic carbocycles. The molecule has 0 unspecified atom stereocenters. The zero-order chi connectivity index (χ0) is 20.7. The summed E-state index contributed by atoms with van der Waals surface area (Å²) in [7, 11) is 0. The maximum atomic E-state index is 10.3. The third-order valence-corrected chi connectivity index (χ3v) is 4.28. The standard InChI is InChI=1S/C24H28N2O3/c1-2-3-4-6-9-20-11-13-21(14-12-20)25-26-22-15-17-23(18-16-22)29-19-8-5-7-10-24(27)28/h11-18H,2-6,8-9,19H2,1H3,(H,27,28). The van der Waals surface area contributed by atoms with Crippen molar-refractivity contribution in [1.29, 1.82) is 0 Å². The summed E-state index contributed by atoms with van der Waals surface area (Å²) in [6, 6.07) is 15.6. The average molecular weight is 392 g/mol. The van der Waals surface area contributed by atoms with Crippen LogP contribution in [0.4, 0.5) is 11.4 Å². The summed E-state index contributed by atoms with van der Waals surface area (Å²) in [5, 5.41) is 17.0. The van der Waals surface area contributed by atoms with Crippen LogP contribution in [0.2, 0.25) is 0 Å². The van der Waals surface area contributed by atoms with Crippen molar-refractivity contribution >= 4 is 17.3 Å². The summed E-state index contributed by atoms with van der Waals surface area (Å²) in [4.78, 5) is 10.3. The number of carboxylic acids is 1. The monoisotopic (exact) mass is 392 g/mol. The lowest BCUT2D eigenvalue weighted by Gasteiger charge is -2.04. The zero-order valence-corrected chi connectivity index (χ0v) is 16.9. The van der Waals surface area contributed by atoms with Crippen LogP contribution in [0.25, 0.3) is 0 Å². The molecule has 29 heavy (non-hydrogen) atoms. The van der Waals surface area contributed by atoms with E-state index >= 15 is 0 Å². The van der Waals surface area contributed by atoms with Gasteiger partial charge < -0.3 is 9.84 Å². The van der Waals surface area contributed by atoms with Crippen LogP contribution in [0.5, 0.6) is 5.75 Å². The molecule has 2 rings (SSSR count). The summed E-state index contributed by atoms with van der Waals surface area (Å²) in [6.07, 6.45) is 7.38. The van der Waals surface area contributed by atoms with Gasteiger partial charge in [-0.25, -0.2) is 4.79 Å². The molecule has 0 amide bonds.